The lowest BCUT2D eigenvalue weighted by molar-refractivity contribution is -0.138. The quantitative estimate of drug-likeness (QED) is 0.243. The number of carboxylic acids is 1. The minimum atomic E-state index is -0.877. The van der Waals surface area contributed by atoms with Crippen molar-refractivity contribution in [2.75, 3.05) is 0 Å². The summed E-state index contributed by atoms with van der Waals surface area (Å²) in [6, 6.07) is 16.4. The highest BCUT2D eigenvalue weighted by Gasteiger charge is 2.28. The molecule has 0 aliphatic heterocycles. The van der Waals surface area contributed by atoms with Gasteiger partial charge in [0.05, 0.1) is 6.54 Å². The topological polar surface area (TPSA) is 79.5 Å². The maximum atomic E-state index is 11.4. The zero-order valence-corrected chi connectivity index (χ0v) is 21.9. The van der Waals surface area contributed by atoms with Crippen molar-refractivity contribution in [3.8, 4) is 11.4 Å². The number of thioether (sulfide) groups is 1. The SMILES string of the molecule is Cc1ccc(-c2noc(CN(Cc3ccc(SC(C)(C)C(=O)O)cc3)Cc3ccsc3)n2)c(C)c1. The number of thiophene rings is 1. The number of hydrogen-bond acceptors (Lipinski definition) is 7. The molecule has 2 heterocycles. The first-order chi connectivity index (χ1) is 16.7. The molecule has 0 amide bonds. The molecular weight excluding hydrogens is 478 g/mol. The monoisotopic (exact) mass is 507 g/mol. The Kier molecular flexibility index (Phi) is 7.74. The van der Waals surface area contributed by atoms with Gasteiger partial charge in [-0.1, -0.05) is 41.1 Å². The average Bonchev–Trinajstić information content (AvgIpc) is 3.47. The van der Waals surface area contributed by atoms with Gasteiger partial charge in [0, 0.05) is 23.5 Å². The molecule has 4 rings (SSSR count). The number of nitrogens with zero attached hydrogens (tertiary/aromatic N) is 3. The van der Waals surface area contributed by atoms with Crippen LogP contribution in [0.15, 0.2) is 68.7 Å². The lowest BCUT2D eigenvalue weighted by Crippen LogP contribution is -2.26. The van der Waals surface area contributed by atoms with Gasteiger partial charge in [0.1, 0.15) is 4.75 Å². The first-order valence-electron chi connectivity index (χ1n) is 11.3. The summed E-state index contributed by atoms with van der Waals surface area (Å²) in [6.07, 6.45) is 0. The number of carbonyl (C=O) groups is 1. The summed E-state index contributed by atoms with van der Waals surface area (Å²) in [5.74, 6) is 0.356. The van der Waals surface area contributed by atoms with Gasteiger partial charge in [-0.2, -0.15) is 16.3 Å². The minimum Gasteiger partial charge on any atom is -0.480 e. The van der Waals surface area contributed by atoms with Crippen LogP contribution < -0.4 is 0 Å². The minimum absolute atomic E-state index is 0.524. The van der Waals surface area contributed by atoms with E-state index in [0.29, 0.717) is 24.8 Å². The van der Waals surface area contributed by atoms with Gasteiger partial charge in [-0.25, -0.2) is 0 Å². The zero-order chi connectivity index (χ0) is 25.0. The Morgan fingerprint density at radius 2 is 1.80 bits per heavy atom. The van der Waals surface area contributed by atoms with Gasteiger partial charge >= 0.3 is 5.97 Å². The van der Waals surface area contributed by atoms with Gasteiger partial charge in [-0.15, -0.1) is 11.8 Å². The molecular formula is C27H29N3O3S2. The van der Waals surface area contributed by atoms with Crippen molar-refractivity contribution in [1.29, 1.82) is 0 Å². The molecule has 35 heavy (non-hydrogen) atoms. The Morgan fingerprint density at radius 1 is 1.06 bits per heavy atom. The van der Waals surface area contributed by atoms with E-state index in [4.69, 9.17) is 4.52 Å². The molecule has 2 aromatic carbocycles. The Morgan fingerprint density at radius 3 is 2.46 bits per heavy atom. The summed E-state index contributed by atoms with van der Waals surface area (Å²) >= 11 is 3.02. The van der Waals surface area contributed by atoms with Crippen molar-refractivity contribution in [1.82, 2.24) is 15.0 Å². The fourth-order valence-corrected chi connectivity index (χ4v) is 5.36. The van der Waals surface area contributed by atoms with E-state index in [1.807, 2.05) is 18.2 Å². The molecule has 0 fully saturated rings. The maximum Gasteiger partial charge on any atom is 0.319 e. The van der Waals surface area contributed by atoms with E-state index in [2.05, 4.69) is 70.0 Å². The van der Waals surface area contributed by atoms with Gasteiger partial charge in [0.15, 0.2) is 0 Å². The third-order valence-electron chi connectivity index (χ3n) is 5.65. The molecule has 0 saturated heterocycles. The van der Waals surface area contributed by atoms with E-state index in [1.54, 1.807) is 25.2 Å². The number of aryl methyl sites for hydroxylation is 2. The molecule has 182 valence electrons. The molecule has 1 N–H and O–H groups in total. The molecule has 4 aromatic rings. The lowest BCUT2D eigenvalue weighted by atomic mass is 10.1. The van der Waals surface area contributed by atoms with Gasteiger partial charge < -0.3 is 9.63 Å². The van der Waals surface area contributed by atoms with Gasteiger partial charge in [-0.3, -0.25) is 9.69 Å². The molecule has 0 bridgehead atoms. The summed E-state index contributed by atoms with van der Waals surface area (Å²) in [7, 11) is 0. The van der Waals surface area contributed by atoms with E-state index in [9.17, 15) is 9.90 Å². The number of aliphatic carboxylic acids is 1. The van der Waals surface area contributed by atoms with E-state index in [1.165, 1.54) is 22.9 Å². The van der Waals surface area contributed by atoms with E-state index in [0.717, 1.165) is 28.1 Å². The van der Waals surface area contributed by atoms with Crippen LogP contribution in [0.2, 0.25) is 0 Å². The number of rotatable bonds is 10. The maximum absolute atomic E-state index is 11.4. The molecule has 0 radical (unpaired) electrons. The van der Waals surface area contributed by atoms with Gasteiger partial charge in [0.25, 0.3) is 0 Å². The molecule has 0 aliphatic carbocycles. The summed E-state index contributed by atoms with van der Waals surface area (Å²) in [5, 5.41) is 17.9. The summed E-state index contributed by atoms with van der Waals surface area (Å²) in [6.45, 7) is 9.54. The van der Waals surface area contributed by atoms with Crippen molar-refractivity contribution < 1.29 is 14.4 Å². The van der Waals surface area contributed by atoms with Crippen LogP contribution in [0.25, 0.3) is 11.4 Å². The van der Waals surface area contributed by atoms with Crippen LogP contribution in [0, 0.1) is 13.8 Å². The fourth-order valence-electron chi connectivity index (χ4n) is 3.75. The zero-order valence-electron chi connectivity index (χ0n) is 20.3. The normalized spacial score (nSPS) is 11.8. The van der Waals surface area contributed by atoms with Crippen LogP contribution in [0.4, 0.5) is 0 Å². The Labute approximate surface area is 214 Å². The number of aromatic nitrogens is 2. The van der Waals surface area contributed by atoms with Crippen LogP contribution in [0.3, 0.4) is 0 Å². The van der Waals surface area contributed by atoms with E-state index >= 15 is 0 Å². The molecule has 0 unspecified atom stereocenters. The predicted molar refractivity (Wildman–Crippen MR) is 140 cm³/mol. The highest BCUT2D eigenvalue weighted by Crippen LogP contribution is 2.33. The Balaban J connectivity index is 1.49. The first-order valence-corrected chi connectivity index (χ1v) is 13.1. The fraction of sp³-hybridized carbons (Fsp3) is 0.296. The molecule has 6 nitrogen and oxygen atoms in total. The Hall–Kier alpha value is -2.94. The van der Waals surface area contributed by atoms with Crippen LogP contribution >= 0.6 is 23.1 Å². The molecule has 0 aliphatic rings. The third kappa shape index (κ3) is 6.60. The Bertz CT molecular complexity index is 1280. The first kappa shape index (κ1) is 25.2. The largest absolute Gasteiger partial charge is 0.480 e. The summed E-state index contributed by atoms with van der Waals surface area (Å²) in [4.78, 5) is 19.3. The van der Waals surface area contributed by atoms with Crippen LogP contribution in [0.1, 0.15) is 42.0 Å². The van der Waals surface area contributed by atoms with E-state index < -0.39 is 10.7 Å². The third-order valence-corrected chi connectivity index (χ3v) is 7.58. The van der Waals surface area contributed by atoms with Crippen LogP contribution in [-0.2, 0) is 24.4 Å². The second kappa shape index (κ2) is 10.8. The smallest absolute Gasteiger partial charge is 0.319 e. The lowest BCUT2D eigenvalue weighted by Gasteiger charge is -2.21. The van der Waals surface area contributed by atoms with Crippen molar-refractivity contribution in [3.05, 3.63) is 87.4 Å². The number of benzene rings is 2. The highest BCUT2D eigenvalue weighted by molar-refractivity contribution is 8.01. The summed E-state index contributed by atoms with van der Waals surface area (Å²) in [5.41, 5.74) is 5.67. The molecule has 2 aromatic heterocycles. The molecule has 0 spiro atoms. The van der Waals surface area contributed by atoms with E-state index in [-0.39, 0.29) is 0 Å². The van der Waals surface area contributed by atoms with Crippen molar-refractivity contribution in [2.24, 2.45) is 0 Å². The van der Waals surface area contributed by atoms with Crippen LogP contribution in [0.5, 0.6) is 0 Å². The second-order valence-corrected chi connectivity index (χ2v) is 11.6. The van der Waals surface area contributed by atoms with Gasteiger partial charge in [-0.05, 0) is 73.3 Å². The van der Waals surface area contributed by atoms with Crippen molar-refractivity contribution in [2.45, 2.75) is 57.0 Å². The van der Waals surface area contributed by atoms with Crippen LogP contribution in [-0.4, -0.2) is 30.9 Å². The molecule has 0 saturated carbocycles. The molecule has 8 heteroatoms. The van der Waals surface area contributed by atoms with Crippen molar-refractivity contribution >= 4 is 29.1 Å². The standard InChI is InChI=1S/C27H29N3O3S2/c1-18-5-10-23(19(2)13-18)25-28-24(33-29-25)16-30(15-21-11-12-34-17-21)14-20-6-8-22(9-7-20)35-27(3,4)26(31)32/h5-13,17H,14-16H2,1-4H3,(H,31,32). The van der Waals surface area contributed by atoms with Gasteiger partial charge in [0.2, 0.25) is 11.7 Å². The summed E-state index contributed by atoms with van der Waals surface area (Å²) < 4.78 is 4.75. The number of carboxylic acid groups (broad SMARTS) is 1. The second-order valence-electron chi connectivity index (χ2n) is 9.17. The molecule has 0 atom stereocenters. The number of hydrogen-bond donors (Lipinski definition) is 1. The average molecular weight is 508 g/mol. The van der Waals surface area contributed by atoms with Crippen molar-refractivity contribution in [3.63, 3.8) is 0 Å². The predicted octanol–water partition coefficient (Wildman–Crippen LogP) is 6.57. The highest BCUT2D eigenvalue weighted by atomic mass is 32.2.